The van der Waals surface area contributed by atoms with Crippen LogP contribution in [-0.4, -0.2) is 24.7 Å². The fourth-order valence-electron chi connectivity index (χ4n) is 2.10. The Labute approximate surface area is 113 Å². The van der Waals surface area contributed by atoms with E-state index in [0.717, 1.165) is 35.3 Å². The van der Waals surface area contributed by atoms with Crippen LogP contribution in [0.25, 0.3) is 22.3 Å². The monoisotopic (exact) mass is 257 g/mol. The number of aromatic amines is 1. The van der Waals surface area contributed by atoms with E-state index in [2.05, 4.69) is 40.1 Å². The highest BCUT2D eigenvalue weighted by Gasteiger charge is 2.09. The Morgan fingerprint density at radius 1 is 1.37 bits per heavy atom. The first-order valence-corrected chi connectivity index (χ1v) is 6.55. The van der Waals surface area contributed by atoms with Crippen molar-refractivity contribution >= 4 is 11.0 Å². The Morgan fingerprint density at radius 2 is 2.26 bits per heavy atom. The molecule has 3 aromatic heterocycles. The molecule has 5 nitrogen and oxygen atoms in total. The Morgan fingerprint density at radius 3 is 3.11 bits per heavy atom. The van der Waals surface area contributed by atoms with Crippen LogP contribution in [0, 0.1) is 5.92 Å². The van der Waals surface area contributed by atoms with Gasteiger partial charge in [0.25, 0.3) is 0 Å². The second-order valence-electron chi connectivity index (χ2n) is 5.14. The summed E-state index contributed by atoms with van der Waals surface area (Å²) in [7, 11) is 0. The molecule has 3 aromatic rings. The Balaban J connectivity index is 0.00000147. The first-order valence-electron chi connectivity index (χ1n) is 6.55. The number of nitrogens with one attached hydrogen (secondary N) is 1. The molecule has 0 aromatic carbocycles. The van der Waals surface area contributed by atoms with Gasteiger partial charge in [-0.25, -0.2) is 9.97 Å². The highest BCUT2D eigenvalue weighted by atomic mass is 15.3. The van der Waals surface area contributed by atoms with E-state index in [4.69, 9.17) is 0 Å². The molecule has 5 heteroatoms. The number of aromatic nitrogens is 5. The zero-order valence-electron chi connectivity index (χ0n) is 11.2. The molecule has 0 saturated carbocycles. The Kier molecular flexibility index (Phi) is 3.03. The molecule has 0 aliphatic carbocycles. The lowest BCUT2D eigenvalue weighted by atomic mass is 10.1. The van der Waals surface area contributed by atoms with Crippen molar-refractivity contribution in [3.8, 4) is 11.3 Å². The SMILES string of the molecule is CC(C)CCn1cc(-c2ncnc3[nH]ccc23)cn1.[HH]. The van der Waals surface area contributed by atoms with Gasteiger partial charge in [0.15, 0.2) is 0 Å². The molecular weight excluding hydrogens is 238 g/mol. The number of hydrogen-bond donors (Lipinski definition) is 1. The largest absolute Gasteiger partial charge is 0.346 e. The zero-order chi connectivity index (χ0) is 13.2. The average Bonchev–Trinajstić information content (AvgIpc) is 3.04. The smallest absolute Gasteiger partial charge is 0.141 e. The highest BCUT2D eigenvalue weighted by Crippen LogP contribution is 2.24. The predicted octanol–water partition coefficient (Wildman–Crippen LogP) is 3.11. The lowest BCUT2D eigenvalue weighted by Gasteiger charge is -2.03. The summed E-state index contributed by atoms with van der Waals surface area (Å²) in [6.45, 7) is 5.38. The van der Waals surface area contributed by atoms with Crippen LogP contribution in [0.15, 0.2) is 31.0 Å². The number of nitrogens with zero attached hydrogens (tertiary/aromatic N) is 4. The normalized spacial score (nSPS) is 11.5. The van der Waals surface area contributed by atoms with Gasteiger partial charge in [-0.1, -0.05) is 13.8 Å². The minimum absolute atomic E-state index is 0. The summed E-state index contributed by atoms with van der Waals surface area (Å²) in [6, 6.07) is 2.00. The lowest BCUT2D eigenvalue weighted by molar-refractivity contribution is 0.487. The van der Waals surface area contributed by atoms with Gasteiger partial charge in [0.05, 0.1) is 11.9 Å². The van der Waals surface area contributed by atoms with Crippen molar-refractivity contribution in [2.75, 3.05) is 0 Å². The molecule has 0 amide bonds. The van der Waals surface area contributed by atoms with Gasteiger partial charge in [-0.2, -0.15) is 5.10 Å². The molecule has 100 valence electrons. The molecule has 0 fully saturated rings. The van der Waals surface area contributed by atoms with Crippen molar-refractivity contribution in [3.63, 3.8) is 0 Å². The van der Waals surface area contributed by atoms with Gasteiger partial charge in [0.1, 0.15) is 12.0 Å². The zero-order valence-corrected chi connectivity index (χ0v) is 11.2. The summed E-state index contributed by atoms with van der Waals surface area (Å²) in [5.74, 6) is 0.683. The van der Waals surface area contributed by atoms with Crippen LogP contribution in [0.1, 0.15) is 21.7 Å². The van der Waals surface area contributed by atoms with Crippen molar-refractivity contribution < 1.29 is 1.43 Å². The molecule has 0 aliphatic heterocycles. The van der Waals surface area contributed by atoms with Gasteiger partial charge in [0, 0.05) is 31.3 Å². The van der Waals surface area contributed by atoms with Crippen LogP contribution < -0.4 is 0 Å². The van der Waals surface area contributed by atoms with Crippen LogP contribution in [0.3, 0.4) is 0 Å². The maximum absolute atomic E-state index is 4.40. The van der Waals surface area contributed by atoms with Gasteiger partial charge in [-0.15, -0.1) is 0 Å². The number of H-pyrrole nitrogens is 1. The number of hydrogen-bond acceptors (Lipinski definition) is 3. The van der Waals surface area contributed by atoms with Crippen LogP contribution in [0.2, 0.25) is 0 Å². The minimum atomic E-state index is 0. The van der Waals surface area contributed by atoms with Crippen molar-refractivity contribution in [2.45, 2.75) is 26.8 Å². The van der Waals surface area contributed by atoms with Gasteiger partial charge >= 0.3 is 0 Å². The van der Waals surface area contributed by atoms with E-state index in [1.54, 1.807) is 6.33 Å². The van der Waals surface area contributed by atoms with E-state index in [1.807, 2.05) is 23.1 Å². The van der Waals surface area contributed by atoms with Crippen molar-refractivity contribution in [1.29, 1.82) is 0 Å². The van der Waals surface area contributed by atoms with Gasteiger partial charge in [-0.05, 0) is 18.4 Å². The molecule has 3 heterocycles. The molecule has 0 radical (unpaired) electrons. The summed E-state index contributed by atoms with van der Waals surface area (Å²) in [6.07, 6.45) is 8.52. The Hall–Kier alpha value is -2.17. The van der Waals surface area contributed by atoms with Gasteiger partial charge in [0.2, 0.25) is 0 Å². The quantitative estimate of drug-likeness (QED) is 0.781. The van der Waals surface area contributed by atoms with E-state index in [9.17, 15) is 0 Å². The maximum atomic E-state index is 4.40. The third-order valence-corrected chi connectivity index (χ3v) is 3.20. The topological polar surface area (TPSA) is 59.4 Å². The van der Waals surface area contributed by atoms with Gasteiger partial charge < -0.3 is 4.98 Å². The Bertz CT molecular complexity index is 686. The maximum Gasteiger partial charge on any atom is 0.141 e. The molecule has 0 saturated heterocycles. The molecule has 0 atom stereocenters. The number of fused-ring (bicyclic) bond motifs is 1. The molecule has 0 unspecified atom stereocenters. The molecular formula is C14H19N5. The summed E-state index contributed by atoms with van der Waals surface area (Å²) < 4.78 is 1.98. The molecule has 3 rings (SSSR count). The standard InChI is InChI=1S/C14H17N5.H2/c1-10(2)4-6-19-8-11(7-18-19)13-12-3-5-15-14(12)17-9-16-13;/h3,5,7-10H,4,6H2,1-2H3,(H,15,16,17);1H. The average molecular weight is 257 g/mol. The molecule has 0 bridgehead atoms. The van der Waals surface area contributed by atoms with Crippen LogP contribution >= 0.6 is 0 Å². The molecule has 0 spiro atoms. The number of rotatable bonds is 4. The van der Waals surface area contributed by atoms with E-state index < -0.39 is 0 Å². The molecule has 1 N–H and O–H groups in total. The van der Waals surface area contributed by atoms with Crippen LogP contribution in [-0.2, 0) is 6.54 Å². The minimum Gasteiger partial charge on any atom is -0.346 e. The van der Waals surface area contributed by atoms with Crippen molar-refractivity contribution in [2.24, 2.45) is 5.92 Å². The highest BCUT2D eigenvalue weighted by molar-refractivity contribution is 5.89. The third kappa shape index (κ3) is 2.36. The molecule has 0 aliphatic rings. The second-order valence-corrected chi connectivity index (χ2v) is 5.14. The van der Waals surface area contributed by atoms with E-state index in [0.29, 0.717) is 5.92 Å². The van der Waals surface area contributed by atoms with E-state index in [-0.39, 0.29) is 1.43 Å². The number of aryl methyl sites for hydroxylation is 1. The van der Waals surface area contributed by atoms with Crippen LogP contribution in [0.5, 0.6) is 0 Å². The van der Waals surface area contributed by atoms with Crippen LogP contribution in [0.4, 0.5) is 0 Å². The third-order valence-electron chi connectivity index (χ3n) is 3.20. The predicted molar refractivity (Wildman–Crippen MR) is 76.7 cm³/mol. The molecule has 19 heavy (non-hydrogen) atoms. The lowest BCUT2D eigenvalue weighted by Crippen LogP contribution is -2.01. The summed E-state index contributed by atoms with van der Waals surface area (Å²) in [5.41, 5.74) is 2.83. The summed E-state index contributed by atoms with van der Waals surface area (Å²) in [4.78, 5) is 11.7. The second kappa shape index (κ2) is 4.84. The fourth-order valence-corrected chi connectivity index (χ4v) is 2.10. The first kappa shape index (κ1) is 11.9. The first-order chi connectivity index (χ1) is 9.24. The summed E-state index contributed by atoms with van der Waals surface area (Å²) >= 11 is 0. The van der Waals surface area contributed by atoms with Gasteiger partial charge in [-0.3, -0.25) is 4.68 Å². The van der Waals surface area contributed by atoms with E-state index >= 15 is 0 Å². The fraction of sp³-hybridized carbons (Fsp3) is 0.357. The van der Waals surface area contributed by atoms with Crippen molar-refractivity contribution in [3.05, 3.63) is 31.0 Å². The summed E-state index contributed by atoms with van der Waals surface area (Å²) in [5, 5.41) is 5.44. The van der Waals surface area contributed by atoms with Crippen molar-refractivity contribution in [1.82, 2.24) is 24.7 Å². The van der Waals surface area contributed by atoms with E-state index in [1.165, 1.54) is 0 Å².